The summed E-state index contributed by atoms with van der Waals surface area (Å²) in [5.41, 5.74) is 0.0726. The number of fused-ring (bicyclic) bond motifs is 1. The van der Waals surface area contributed by atoms with Gasteiger partial charge in [0.05, 0.1) is 23.9 Å². The van der Waals surface area contributed by atoms with E-state index in [4.69, 9.17) is 10.8 Å². The molecule has 1 fully saturated rings. The Morgan fingerprint density at radius 2 is 2.00 bits per heavy atom. The second-order valence-corrected chi connectivity index (χ2v) is 8.61. The normalized spacial score (nSPS) is 16.9. The lowest BCUT2D eigenvalue weighted by Crippen LogP contribution is -2.49. The van der Waals surface area contributed by atoms with Gasteiger partial charge in [0, 0.05) is 24.9 Å². The fraction of sp³-hybridized carbons (Fsp3) is 0.375. The number of alkyl halides is 3. The van der Waals surface area contributed by atoms with Crippen LogP contribution in [0.15, 0.2) is 36.4 Å². The molecule has 0 unspecified atom stereocenters. The Morgan fingerprint density at radius 3 is 2.58 bits per heavy atom. The van der Waals surface area contributed by atoms with Crippen molar-refractivity contribution in [3.63, 3.8) is 0 Å². The number of nitrogens with zero attached hydrogens (tertiary/aromatic N) is 2. The van der Waals surface area contributed by atoms with Crippen molar-refractivity contribution < 1.29 is 23.1 Å². The molecular formula is C24H25F3N4O2. The third-order valence-electron chi connectivity index (χ3n) is 6.72. The van der Waals surface area contributed by atoms with E-state index in [0.29, 0.717) is 5.69 Å². The van der Waals surface area contributed by atoms with Crippen molar-refractivity contribution in [2.45, 2.75) is 43.8 Å². The first-order valence-electron chi connectivity index (χ1n) is 10.7. The number of benzene rings is 2. The molecule has 0 bridgehead atoms. The summed E-state index contributed by atoms with van der Waals surface area (Å²) in [6.45, 7) is -0.509. The second-order valence-electron chi connectivity index (χ2n) is 8.61. The highest BCUT2D eigenvalue weighted by Gasteiger charge is 2.45. The van der Waals surface area contributed by atoms with Gasteiger partial charge >= 0.3 is 6.18 Å². The number of amides is 1. The van der Waals surface area contributed by atoms with Crippen LogP contribution in [0.5, 0.6) is 0 Å². The number of hydrogen-bond acceptors (Lipinski definition) is 4. The number of carbonyl (C=O) groups excluding carboxylic acids is 1. The number of amidine groups is 1. The molecule has 3 N–H and O–H groups in total. The zero-order valence-electron chi connectivity index (χ0n) is 18.2. The summed E-state index contributed by atoms with van der Waals surface area (Å²) >= 11 is 0. The summed E-state index contributed by atoms with van der Waals surface area (Å²) in [4.78, 5) is 16.0. The Labute approximate surface area is 189 Å². The third-order valence-corrected chi connectivity index (χ3v) is 6.72. The molecule has 4 rings (SSSR count). The fourth-order valence-electron chi connectivity index (χ4n) is 4.77. The van der Waals surface area contributed by atoms with Gasteiger partial charge in [-0.05, 0) is 60.2 Å². The number of carbonyl (C=O) groups is 1. The molecule has 1 amide bonds. The maximum Gasteiger partial charge on any atom is 0.416 e. The number of rotatable bonds is 6. The van der Waals surface area contributed by atoms with E-state index in [0.717, 1.165) is 37.2 Å². The Morgan fingerprint density at radius 1 is 1.27 bits per heavy atom. The van der Waals surface area contributed by atoms with Gasteiger partial charge in [0.25, 0.3) is 5.91 Å². The second kappa shape index (κ2) is 8.30. The highest BCUT2D eigenvalue weighted by atomic mass is 19.4. The van der Waals surface area contributed by atoms with Crippen molar-refractivity contribution in [3.8, 4) is 0 Å². The molecule has 0 spiro atoms. The number of nitrogens with one attached hydrogen (secondary N) is 2. The molecule has 2 aliphatic rings. The van der Waals surface area contributed by atoms with E-state index in [1.807, 2.05) is 6.07 Å². The number of aliphatic hydroxyl groups excluding tert-OH is 1. The average Bonchev–Trinajstić information content (AvgIpc) is 3.08. The van der Waals surface area contributed by atoms with Crippen LogP contribution in [0, 0.1) is 10.8 Å². The van der Waals surface area contributed by atoms with Crippen LogP contribution in [0.2, 0.25) is 0 Å². The summed E-state index contributed by atoms with van der Waals surface area (Å²) in [5, 5.41) is 25.2. The molecule has 1 aliphatic carbocycles. The van der Waals surface area contributed by atoms with E-state index in [2.05, 4.69) is 0 Å². The van der Waals surface area contributed by atoms with Crippen LogP contribution in [0.1, 0.15) is 51.9 Å². The van der Waals surface area contributed by atoms with Crippen LogP contribution in [0.4, 0.5) is 18.9 Å². The van der Waals surface area contributed by atoms with Gasteiger partial charge in [0.2, 0.25) is 0 Å². The van der Waals surface area contributed by atoms with Crippen molar-refractivity contribution in [2.24, 2.45) is 0 Å². The van der Waals surface area contributed by atoms with E-state index >= 15 is 0 Å². The van der Waals surface area contributed by atoms with Crippen molar-refractivity contribution >= 4 is 23.8 Å². The predicted octanol–water partition coefficient (Wildman–Crippen LogP) is 4.34. The monoisotopic (exact) mass is 458 g/mol. The Kier molecular flexibility index (Phi) is 5.78. The highest BCUT2D eigenvalue weighted by molar-refractivity contribution is 6.10. The maximum atomic E-state index is 13.8. The average molecular weight is 458 g/mol. The van der Waals surface area contributed by atoms with Crippen LogP contribution in [-0.2, 0) is 24.6 Å². The zero-order valence-corrected chi connectivity index (χ0v) is 18.2. The topological polar surface area (TPSA) is 91.5 Å². The molecule has 0 saturated heterocycles. The number of hydrogen-bond donors (Lipinski definition) is 3. The van der Waals surface area contributed by atoms with Crippen molar-refractivity contribution in [2.75, 3.05) is 18.6 Å². The van der Waals surface area contributed by atoms with Crippen molar-refractivity contribution in [3.05, 3.63) is 64.2 Å². The lowest BCUT2D eigenvalue weighted by molar-refractivity contribution is -0.138. The van der Waals surface area contributed by atoms with Crippen LogP contribution in [-0.4, -0.2) is 41.7 Å². The molecule has 2 aromatic carbocycles. The quantitative estimate of drug-likeness (QED) is 0.444. The molecule has 1 aliphatic heterocycles. The summed E-state index contributed by atoms with van der Waals surface area (Å²) in [5.74, 6) is -0.230. The molecule has 33 heavy (non-hydrogen) atoms. The van der Waals surface area contributed by atoms with Gasteiger partial charge in [-0.3, -0.25) is 15.6 Å². The minimum Gasteiger partial charge on any atom is -0.396 e. The predicted molar refractivity (Wildman–Crippen MR) is 119 cm³/mol. The number of halogens is 3. The third kappa shape index (κ3) is 3.80. The maximum absolute atomic E-state index is 13.8. The van der Waals surface area contributed by atoms with Crippen LogP contribution in [0.3, 0.4) is 0 Å². The lowest BCUT2D eigenvalue weighted by atomic mass is 9.63. The van der Waals surface area contributed by atoms with Gasteiger partial charge in [-0.1, -0.05) is 18.6 Å². The Balaban J connectivity index is 1.73. The zero-order chi connectivity index (χ0) is 24.0. The minimum atomic E-state index is -4.61. The van der Waals surface area contributed by atoms with Crippen LogP contribution < -0.4 is 4.90 Å². The van der Waals surface area contributed by atoms with E-state index in [1.54, 1.807) is 25.2 Å². The molecule has 0 atom stereocenters. The van der Waals surface area contributed by atoms with Gasteiger partial charge in [-0.25, -0.2) is 0 Å². The van der Waals surface area contributed by atoms with Gasteiger partial charge in [-0.2, -0.15) is 13.2 Å². The smallest absolute Gasteiger partial charge is 0.396 e. The SMILES string of the molecule is CN(C=N)C(=N)C1(c2cccc(N3Cc4c(cc(CCO)cc4C(F)(F)F)C3=O)c2)CCC1. The summed E-state index contributed by atoms with van der Waals surface area (Å²) in [6.07, 6.45) is -1.13. The van der Waals surface area contributed by atoms with E-state index in [9.17, 15) is 23.1 Å². The fourth-order valence-corrected chi connectivity index (χ4v) is 4.77. The molecule has 1 heterocycles. The molecule has 0 aromatic heterocycles. The first-order valence-corrected chi connectivity index (χ1v) is 10.7. The summed E-state index contributed by atoms with van der Waals surface area (Å²) in [6, 6.07) is 9.53. The molecule has 9 heteroatoms. The van der Waals surface area contributed by atoms with Gasteiger partial charge in [0.1, 0.15) is 5.84 Å². The number of likely N-dealkylation sites (N-methyl/N-ethyl adjacent to an activating group) is 1. The highest BCUT2D eigenvalue weighted by Crippen LogP contribution is 2.46. The van der Waals surface area contributed by atoms with Gasteiger partial charge in [0.15, 0.2) is 0 Å². The Hall–Kier alpha value is -3.20. The summed E-state index contributed by atoms with van der Waals surface area (Å²) in [7, 11) is 1.64. The van der Waals surface area contributed by atoms with Gasteiger partial charge in [-0.15, -0.1) is 0 Å². The minimum absolute atomic E-state index is 0.00770. The molecule has 1 saturated carbocycles. The first-order chi connectivity index (χ1) is 15.6. The van der Waals surface area contributed by atoms with E-state index < -0.39 is 23.1 Å². The van der Waals surface area contributed by atoms with Crippen LogP contribution >= 0.6 is 0 Å². The van der Waals surface area contributed by atoms with Crippen LogP contribution in [0.25, 0.3) is 0 Å². The standard InChI is InChI=1S/C24H25F3N4O2/c1-30(14-28)22(29)23(7-3-8-23)16-4-2-5-17(12-16)31-13-19-18(21(31)33)10-15(6-9-32)11-20(19)24(25,26)27/h2,4-5,10-12,14,28-29,32H,3,6-9,13H2,1H3. The molecule has 0 radical (unpaired) electrons. The first kappa shape index (κ1) is 23.0. The van der Waals surface area contributed by atoms with E-state index in [1.165, 1.54) is 15.9 Å². The van der Waals surface area contributed by atoms with E-state index in [-0.39, 0.29) is 42.1 Å². The van der Waals surface area contributed by atoms with Crippen molar-refractivity contribution in [1.29, 1.82) is 10.8 Å². The summed E-state index contributed by atoms with van der Waals surface area (Å²) < 4.78 is 41.3. The molecular weight excluding hydrogens is 433 g/mol. The van der Waals surface area contributed by atoms with Gasteiger partial charge < -0.3 is 14.9 Å². The molecule has 2 aromatic rings. The lowest BCUT2D eigenvalue weighted by Gasteiger charge is -2.44. The number of anilines is 1. The molecule has 174 valence electrons. The molecule has 6 nitrogen and oxygen atoms in total. The Bertz CT molecular complexity index is 1130. The van der Waals surface area contributed by atoms with Crippen molar-refractivity contribution in [1.82, 2.24) is 4.90 Å². The largest absolute Gasteiger partial charge is 0.416 e. The number of aliphatic hydroxyl groups is 1.